The number of phosphoric acid groups is 1. The van der Waals surface area contributed by atoms with Gasteiger partial charge in [0, 0.05) is 10.9 Å². The molecule has 2 aliphatic rings. The smallest absolute Gasteiger partial charge is 0.385 e. The van der Waals surface area contributed by atoms with E-state index in [0.29, 0.717) is 24.3 Å². The van der Waals surface area contributed by atoms with Crippen LogP contribution in [0.25, 0.3) is 54.9 Å². The Morgan fingerprint density at radius 2 is 0.943 bits per heavy atom. The van der Waals surface area contributed by atoms with Gasteiger partial charge in [0.2, 0.25) is 0 Å². The molecule has 6 aromatic rings. The fourth-order valence-corrected chi connectivity index (χ4v) is 7.86. The van der Waals surface area contributed by atoms with E-state index in [1.54, 1.807) is 0 Å². The number of halogens is 12. The van der Waals surface area contributed by atoms with Gasteiger partial charge in [-0.15, -0.1) is 0 Å². The van der Waals surface area contributed by atoms with Crippen molar-refractivity contribution in [2.24, 2.45) is 0 Å². The molecule has 2 aliphatic heterocycles. The summed E-state index contributed by atoms with van der Waals surface area (Å²) in [5, 5.41) is 0.630. The molecule has 0 fully saturated rings. The second kappa shape index (κ2) is 11.1. The summed E-state index contributed by atoms with van der Waals surface area (Å²) in [5.41, 5.74) is -8.60. The van der Waals surface area contributed by atoms with E-state index in [1.165, 1.54) is 54.6 Å². The molecule has 2 heterocycles. The van der Waals surface area contributed by atoms with Crippen molar-refractivity contribution in [1.82, 2.24) is 0 Å². The maximum atomic E-state index is 14.0. The van der Waals surface area contributed by atoms with Gasteiger partial charge in [0.1, 0.15) is 5.75 Å². The molecular weight excluding hydrogens is 755 g/mol. The molecule has 0 radical (unpaired) electrons. The minimum absolute atomic E-state index is 0.00684. The minimum Gasteiger partial charge on any atom is -0.385 e. The minimum atomic E-state index is -5.27. The number of phosphoric ester groups is 1. The van der Waals surface area contributed by atoms with Crippen LogP contribution in [0.1, 0.15) is 22.3 Å². The molecule has 17 heteroatoms. The molecule has 1 atom stereocenters. The van der Waals surface area contributed by atoms with Gasteiger partial charge in [0.15, 0.2) is 11.5 Å². The van der Waals surface area contributed by atoms with Gasteiger partial charge in [0.25, 0.3) is 0 Å². The lowest BCUT2D eigenvalue weighted by atomic mass is 9.85. The predicted molar refractivity (Wildman–Crippen MR) is 167 cm³/mol. The van der Waals surface area contributed by atoms with E-state index < -0.39 is 83.0 Å². The first kappa shape index (κ1) is 34.7. The van der Waals surface area contributed by atoms with E-state index in [4.69, 9.17) is 13.6 Å². The summed E-state index contributed by atoms with van der Waals surface area (Å²) in [6, 6.07) is 14.5. The molecule has 1 unspecified atom stereocenters. The van der Waals surface area contributed by atoms with Crippen molar-refractivity contribution in [1.29, 1.82) is 0 Å². The summed E-state index contributed by atoms with van der Waals surface area (Å²) in [5.74, 6) is -1.17. The molecule has 0 aliphatic carbocycles. The molecule has 272 valence electrons. The highest BCUT2D eigenvalue weighted by molar-refractivity contribution is 7.50. The second-order valence-corrected chi connectivity index (χ2v) is 13.6. The Balaban J connectivity index is 1.51. The van der Waals surface area contributed by atoms with Crippen molar-refractivity contribution >= 4 is 29.4 Å². The monoisotopic (exact) mass is 770 g/mol. The van der Waals surface area contributed by atoms with Crippen LogP contribution in [-0.4, -0.2) is 0 Å². The van der Waals surface area contributed by atoms with Crippen LogP contribution >= 0.6 is 7.82 Å². The maximum absolute atomic E-state index is 14.0. The maximum Gasteiger partial charge on any atom is 0.647 e. The average Bonchev–Trinajstić information content (AvgIpc) is 3.05. The summed E-state index contributed by atoms with van der Waals surface area (Å²) in [6.45, 7) is 0. The number of benzene rings is 6. The third-order valence-corrected chi connectivity index (χ3v) is 9.98. The predicted octanol–water partition coefficient (Wildman–Crippen LogP) is 13.3. The van der Waals surface area contributed by atoms with E-state index in [-0.39, 0.29) is 56.1 Å². The summed E-state index contributed by atoms with van der Waals surface area (Å²) in [6.07, 6.45) is -20.9. The Kier molecular flexibility index (Phi) is 7.25. The van der Waals surface area contributed by atoms with Gasteiger partial charge in [0.05, 0.1) is 33.2 Å². The van der Waals surface area contributed by atoms with Crippen LogP contribution in [0.2, 0.25) is 0 Å². The molecule has 4 nitrogen and oxygen atoms in total. The van der Waals surface area contributed by atoms with Crippen LogP contribution in [0.15, 0.2) is 91.0 Å². The van der Waals surface area contributed by atoms with Crippen LogP contribution in [0.3, 0.4) is 0 Å². The first-order chi connectivity index (χ1) is 24.6. The fourth-order valence-electron chi connectivity index (χ4n) is 6.54. The van der Waals surface area contributed by atoms with Crippen LogP contribution < -0.4 is 13.6 Å². The third-order valence-electron chi connectivity index (χ3n) is 8.75. The van der Waals surface area contributed by atoms with Gasteiger partial charge in [-0.1, -0.05) is 36.4 Å². The average molecular weight is 770 g/mol. The zero-order valence-electron chi connectivity index (χ0n) is 25.8. The summed E-state index contributed by atoms with van der Waals surface area (Å²) in [4.78, 5) is 0. The number of alkyl halides is 12. The standard InChI is InChI=1S/C36H15F12O4P/c37-33(38,39)20-9-18(10-21(14-20)34(40,41)42)17-8-16-4-1-2-5-24(16)26(13-17)29-25-6-3-7-27-30(25)32-28(31(29)51-53(49,50-27)52-32)19-11-22(35(43,44)45)15-23(12-19)36(46,47)48/h1-15H. The number of fused-ring (bicyclic) bond motifs is 3. The van der Waals surface area contributed by atoms with Crippen LogP contribution in [0.4, 0.5) is 52.7 Å². The summed E-state index contributed by atoms with van der Waals surface area (Å²) in [7, 11) is -4.70. The van der Waals surface area contributed by atoms with Gasteiger partial charge in [-0.25, -0.2) is 0 Å². The van der Waals surface area contributed by atoms with E-state index in [2.05, 4.69) is 0 Å². The zero-order valence-corrected chi connectivity index (χ0v) is 26.7. The lowest BCUT2D eigenvalue weighted by Crippen LogP contribution is -2.18. The largest absolute Gasteiger partial charge is 0.647 e. The molecule has 6 aromatic carbocycles. The van der Waals surface area contributed by atoms with Crippen LogP contribution in [0, 0.1) is 0 Å². The lowest BCUT2D eigenvalue weighted by molar-refractivity contribution is -0.144. The van der Waals surface area contributed by atoms with Gasteiger partial charge < -0.3 is 13.6 Å². The van der Waals surface area contributed by atoms with Crippen molar-refractivity contribution in [2.45, 2.75) is 24.7 Å². The fraction of sp³-hybridized carbons (Fsp3) is 0.111. The molecule has 53 heavy (non-hydrogen) atoms. The second-order valence-electron chi connectivity index (χ2n) is 12.1. The quantitative estimate of drug-likeness (QED) is 0.133. The molecule has 0 aromatic heterocycles. The van der Waals surface area contributed by atoms with Crippen molar-refractivity contribution in [2.75, 3.05) is 0 Å². The van der Waals surface area contributed by atoms with Gasteiger partial charge in [-0.3, -0.25) is 0 Å². The Hall–Kier alpha value is -5.37. The highest BCUT2D eigenvalue weighted by Crippen LogP contribution is 2.69. The highest BCUT2D eigenvalue weighted by atomic mass is 31.2. The van der Waals surface area contributed by atoms with Crippen molar-refractivity contribution in [3.63, 3.8) is 0 Å². The highest BCUT2D eigenvalue weighted by Gasteiger charge is 2.48. The topological polar surface area (TPSA) is 44.8 Å². The normalized spacial score (nSPS) is 16.9. The van der Waals surface area contributed by atoms with E-state index in [9.17, 15) is 57.3 Å². The molecule has 8 rings (SSSR count). The lowest BCUT2D eigenvalue weighted by Gasteiger charge is -2.35. The van der Waals surface area contributed by atoms with Gasteiger partial charge >= 0.3 is 32.5 Å². The Bertz CT molecular complexity index is 2520. The Labute approximate surface area is 288 Å². The van der Waals surface area contributed by atoms with Crippen LogP contribution in [0.5, 0.6) is 17.2 Å². The Morgan fingerprint density at radius 3 is 1.51 bits per heavy atom. The third kappa shape index (κ3) is 5.79. The van der Waals surface area contributed by atoms with Crippen molar-refractivity contribution in [3.05, 3.63) is 113 Å². The number of hydrogen-bond acceptors (Lipinski definition) is 4. The van der Waals surface area contributed by atoms with Gasteiger partial charge in [-0.2, -0.15) is 57.3 Å². The van der Waals surface area contributed by atoms with Crippen molar-refractivity contribution < 1.29 is 70.8 Å². The Morgan fingerprint density at radius 1 is 0.453 bits per heavy atom. The first-order valence-electron chi connectivity index (χ1n) is 15.1. The van der Waals surface area contributed by atoms with E-state index in [1.807, 2.05) is 0 Å². The summed E-state index contributed by atoms with van der Waals surface area (Å²) >= 11 is 0. The molecule has 0 spiro atoms. The van der Waals surface area contributed by atoms with Gasteiger partial charge in [-0.05, 0) is 87.6 Å². The molecule has 0 N–H and O–H groups in total. The van der Waals surface area contributed by atoms with Crippen molar-refractivity contribution in [3.8, 4) is 50.6 Å². The summed E-state index contributed by atoms with van der Waals surface area (Å²) < 4.78 is 198. The zero-order chi connectivity index (χ0) is 38.0. The molecule has 0 saturated heterocycles. The molecule has 3 bridgehead atoms. The van der Waals surface area contributed by atoms with E-state index in [0.717, 1.165) is 0 Å². The first-order valence-corrected chi connectivity index (χ1v) is 16.5. The van der Waals surface area contributed by atoms with E-state index >= 15 is 0 Å². The molecule has 0 saturated carbocycles. The SMILES string of the molecule is O=P12Oc3c(-c4cc(C(F)(F)F)cc(C(F)(F)F)c4)c(c4c(cccc4c3-c3cc(-c4cc(C(F)(F)F)cc(C(F)(F)F)c4)cc4ccccc34)O1)O2. The molecule has 0 amide bonds. The van der Waals surface area contributed by atoms with Crippen LogP contribution in [-0.2, 0) is 29.3 Å². The molecular formula is C36H15F12O4P. The number of rotatable bonds is 3. The number of hydrogen-bond donors (Lipinski definition) is 0.